The van der Waals surface area contributed by atoms with Crippen LogP contribution in [0.15, 0.2) is 65.8 Å². The van der Waals surface area contributed by atoms with Crippen molar-refractivity contribution in [1.82, 2.24) is 19.5 Å². The van der Waals surface area contributed by atoms with E-state index in [1.54, 1.807) is 17.1 Å². The van der Waals surface area contributed by atoms with Crippen molar-refractivity contribution in [3.63, 3.8) is 0 Å². The van der Waals surface area contributed by atoms with Gasteiger partial charge in [0.2, 0.25) is 10.0 Å². The molecule has 0 saturated heterocycles. The van der Waals surface area contributed by atoms with Gasteiger partial charge in [0, 0.05) is 24.5 Å². The van der Waals surface area contributed by atoms with Crippen LogP contribution in [-0.2, 0) is 16.6 Å². The number of ketones is 1. The molecule has 0 fully saturated rings. The van der Waals surface area contributed by atoms with Crippen molar-refractivity contribution in [3.8, 4) is 11.4 Å². The highest BCUT2D eigenvalue weighted by atomic mass is 32.2. The van der Waals surface area contributed by atoms with Gasteiger partial charge in [0.05, 0.1) is 17.1 Å². The zero-order valence-electron chi connectivity index (χ0n) is 14.2. The number of benzene rings is 1. The molecule has 2 aromatic heterocycles. The molecule has 8 heteroatoms. The molecule has 2 heterocycles. The predicted molar refractivity (Wildman–Crippen MR) is 97.1 cm³/mol. The Labute approximate surface area is 151 Å². The molecule has 0 saturated carbocycles. The van der Waals surface area contributed by atoms with Gasteiger partial charge in [-0.1, -0.05) is 18.2 Å². The molecule has 3 rings (SSSR count). The van der Waals surface area contributed by atoms with Gasteiger partial charge in [-0.25, -0.2) is 13.1 Å². The zero-order chi connectivity index (χ0) is 18.6. The summed E-state index contributed by atoms with van der Waals surface area (Å²) in [6.07, 6.45) is 3.47. The van der Waals surface area contributed by atoms with Crippen molar-refractivity contribution in [2.75, 3.05) is 6.54 Å². The molecule has 0 spiro atoms. The molecule has 0 aliphatic rings. The summed E-state index contributed by atoms with van der Waals surface area (Å²) in [7, 11) is -3.63. The maximum atomic E-state index is 12.3. The molecule has 7 nitrogen and oxygen atoms in total. The van der Waals surface area contributed by atoms with Crippen LogP contribution in [-0.4, -0.2) is 35.5 Å². The topological polar surface area (TPSA) is 94.0 Å². The Morgan fingerprint density at radius 3 is 2.50 bits per heavy atom. The van der Waals surface area contributed by atoms with E-state index in [9.17, 15) is 13.2 Å². The van der Waals surface area contributed by atoms with E-state index in [0.29, 0.717) is 12.1 Å². The molecule has 0 atom stereocenters. The Bertz CT molecular complexity index is 996. The van der Waals surface area contributed by atoms with Gasteiger partial charge in [0.15, 0.2) is 5.78 Å². The Hall–Kier alpha value is -2.84. The van der Waals surface area contributed by atoms with Crippen LogP contribution in [0, 0.1) is 0 Å². The fraction of sp³-hybridized carbons (Fsp3) is 0.167. The maximum absolute atomic E-state index is 12.3. The van der Waals surface area contributed by atoms with Crippen molar-refractivity contribution >= 4 is 15.8 Å². The fourth-order valence-electron chi connectivity index (χ4n) is 2.38. The lowest BCUT2D eigenvalue weighted by Gasteiger charge is -2.07. The second kappa shape index (κ2) is 7.59. The Morgan fingerprint density at radius 2 is 1.85 bits per heavy atom. The molecule has 1 aromatic carbocycles. The van der Waals surface area contributed by atoms with Gasteiger partial charge >= 0.3 is 0 Å². The quantitative estimate of drug-likeness (QED) is 0.643. The fourth-order valence-corrected chi connectivity index (χ4v) is 3.40. The monoisotopic (exact) mass is 370 g/mol. The van der Waals surface area contributed by atoms with Crippen molar-refractivity contribution in [1.29, 1.82) is 0 Å². The van der Waals surface area contributed by atoms with E-state index in [4.69, 9.17) is 0 Å². The lowest BCUT2D eigenvalue weighted by molar-refractivity contribution is 0.101. The molecule has 134 valence electrons. The van der Waals surface area contributed by atoms with Crippen LogP contribution in [0.4, 0.5) is 0 Å². The third-order valence-electron chi connectivity index (χ3n) is 3.77. The number of Topliss-reactive ketones (excluding diaryl/α,β-unsaturated/α-hetero) is 1. The molecule has 0 aliphatic carbocycles. The standard InChI is InChI=1S/C18H18N4O3S/c1-14(23)15-5-7-16(8-6-15)26(24,25)20-11-13-22-12-9-18(21-22)17-4-2-3-10-19-17/h2-10,12,20H,11,13H2,1H3. The van der Waals surface area contributed by atoms with Crippen LogP contribution in [0.25, 0.3) is 11.4 Å². The van der Waals surface area contributed by atoms with Crippen molar-refractivity contribution < 1.29 is 13.2 Å². The lowest BCUT2D eigenvalue weighted by atomic mass is 10.2. The maximum Gasteiger partial charge on any atom is 0.240 e. The van der Waals surface area contributed by atoms with E-state index in [2.05, 4.69) is 14.8 Å². The number of hydrogen-bond donors (Lipinski definition) is 1. The summed E-state index contributed by atoms with van der Waals surface area (Å²) in [6, 6.07) is 13.3. The number of sulfonamides is 1. The normalized spacial score (nSPS) is 11.4. The molecule has 0 aliphatic heterocycles. The van der Waals surface area contributed by atoms with Gasteiger partial charge < -0.3 is 0 Å². The summed E-state index contributed by atoms with van der Waals surface area (Å²) >= 11 is 0. The highest BCUT2D eigenvalue weighted by Gasteiger charge is 2.14. The number of rotatable bonds is 7. The minimum absolute atomic E-state index is 0.107. The molecular weight excluding hydrogens is 352 g/mol. The third kappa shape index (κ3) is 4.22. The highest BCUT2D eigenvalue weighted by Crippen LogP contribution is 2.13. The largest absolute Gasteiger partial charge is 0.295 e. The van der Waals surface area contributed by atoms with E-state index >= 15 is 0 Å². The molecule has 0 bridgehead atoms. The number of carbonyl (C=O) groups excluding carboxylic acids is 1. The molecule has 0 radical (unpaired) electrons. The van der Waals surface area contributed by atoms with Gasteiger partial charge in [-0.2, -0.15) is 5.10 Å². The summed E-state index contributed by atoms with van der Waals surface area (Å²) in [6.45, 7) is 2.02. The molecule has 1 N–H and O–H groups in total. The Balaban J connectivity index is 1.60. The van der Waals surface area contributed by atoms with Gasteiger partial charge in [-0.15, -0.1) is 0 Å². The predicted octanol–water partition coefficient (Wildman–Crippen LogP) is 2.13. The van der Waals surface area contributed by atoms with Gasteiger partial charge in [-0.3, -0.25) is 14.5 Å². The lowest BCUT2D eigenvalue weighted by Crippen LogP contribution is -2.27. The summed E-state index contributed by atoms with van der Waals surface area (Å²) in [5.41, 5.74) is 1.97. The Morgan fingerprint density at radius 1 is 1.08 bits per heavy atom. The van der Waals surface area contributed by atoms with Crippen LogP contribution in [0.1, 0.15) is 17.3 Å². The first-order valence-electron chi connectivity index (χ1n) is 8.01. The molecule has 26 heavy (non-hydrogen) atoms. The first kappa shape index (κ1) is 18.0. The van der Waals surface area contributed by atoms with Gasteiger partial charge in [0.1, 0.15) is 5.69 Å². The van der Waals surface area contributed by atoms with Crippen LogP contribution in [0.5, 0.6) is 0 Å². The summed E-state index contributed by atoms with van der Waals surface area (Å²) < 4.78 is 28.8. The average Bonchev–Trinajstić information content (AvgIpc) is 3.11. The van der Waals surface area contributed by atoms with Crippen LogP contribution in [0.3, 0.4) is 0 Å². The second-order valence-electron chi connectivity index (χ2n) is 5.66. The second-order valence-corrected chi connectivity index (χ2v) is 7.42. The number of hydrogen-bond acceptors (Lipinski definition) is 5. The number of pyridine rings is 1. The van der Waals surface area contributed by atoms with E-state index < -0.39 is 10.0 Å². The first-order valence-corrected chi connectivity index (χ1v) is 9.49. The smallest absolute Gasteiger partial charge is 0.240 e. The number of aromatic nitrogens is 3. The highest BCUT2D eigenvalue weighted by molar-refractivity contribution is 7.89. The minimum Gasteiger partial charge on any atom is -0.295 e. The number of nitrogens with one attached hydrogen (secondary N) is 1. The summed E-state index contributed by atoms with van der Waals surface area (Å²) in [5, 5.41) is 4.39. The van der Waals surface area contributed by atoms with E-state index in [1.807, 2.05) is 24.3 Å². The summed E-state index contributed by atoms with van der Waals surface area (Å²) in [4.78, 5) is 15.6. The molecule has 0 unspecified atom stereocenters. The minimum atomic E-state index is -3.63. The Kier molecular flexibility index (Phi) is 5.24. The van der Waals surface area contributed by atoms with E-state index in [-0.39, 0.29) is 17.2 Å². The van der Waals surface area contributed by atoms with Crippen molar-refractivity contribution in [2.24, 2.45) is 0 Å². The third-order valence-corrected chi connectivity index (χ3v) is 5.25. The van der Waals surface area contributed by atoms with Crippen LogP contribution < -0.4 is 4.72 Å². The van der Waals surface area contributed by atoms with Gasteiger partial charge in [-0.05, 0) is 37.3 Å². The van der Waals surface area contributed by atoms with Crippen molar-refractivity contribution in [2.45, 2.75) is 18.4 Å². The SMILES string of the molecule is CC(=O)c1ccc(S(=O)(=O)NCCn2ccc(-c3ccccn3)n2)cc1. The van der Waals surface area contributed by atoms with Crippen LogP contribution >= 0.6 is 0 Å². The van der Waals surface area contributed by atoms with Gasteiger partial charge in [0.25, 0.3) is 0 Å². The number of nitrogens with zero attached hydrogens (tertiary/aromatic N) is 3. The number of carbonyl (C=O) groups is 1. The molecule has 3 aromatic rings. The average molecular weight is 370 g/mol. The summed E-state index contributed by atoms with van der Waals surface area (Å²) in [5.74, 6) is -0.107. The molecular formula is C18H18N4O3S. The first-order chi connectivity index (χ1) is 12.5. The van der Waals surface area contributed by atoms with E-state index in [0.717, 1.165) is 11.4 Å². The van der Waals surface area contributed by atoms with E-state index in [1.165, 1.54) is 31.2 Å². The zero-order valence-corrected chi connectivity index (χ0v) is 15.0. The van der Waals surface area contributed by atoms with Crippen LogP contribution in [0.2, 0.25) is 0 Å². The van der Waals surface area contributed by atoms with Crippen molar-refractivity contribution in [3.05, 3.63) is 66.5 Å². The molecule has 0 amide bonds.